The minimum absolute atomic E-state index is 0.0167. The Morgan fingerprint density at radius 1 is 1.39 bits per heavy atom. The predicted octanol–water partition coefficient (Wildman–Crippen LogP) is -0.270. The van der Waals surface area contributed by atoms with Crippen LogP contribution in [0.3, 0.4) is 0 Å². The molecule has 0 bridgehead atoms. The zero-order valence-electron chi connectivity index (χ0n) is 15.7. The number of likely N-dealkylation sites (tertiary alicyclic amines) is 1. The first-order chi connectivity index (χ1) is 13.1. The molecule has 3 rings (SSSR count). The summed E-state index contributed by atoms with van der Waals surface area (Å²) in [6.07, 6.45) is 4.56. The topological polar surface area (TPSA) is 131 Å². The van der Waals surface area contributed by atoms with Crippen LogP contribution in [0.15, 0.2) is 29.4 Å². The van der Waals surface area contributed by atoms with Crippen molar-refractivity contribution >= 4 is 27.6 Å². The van der Waals surface area contributed by atoms with Gasteiger partial charge in [-0.1, -0.05) is 13.8 Å². The molecule has 151 valence electrons. The Labute approximate surface area is 163 Å². The molecular weight excluding hydrogens is 384 g/mol. The zero-order chi connectivity index (χ0) is 20.7. The molecule has 2 aliphatic rings. The van der Waals surface area contributed by atoms with Gasteiger partial charge in [-0.05, 0) is 25.0 Å². The summed E-state index contributed by atoms with van der Waals surface area (Å²) < 4.78 is 27.0. The SMILES string of the molecule is CC(C)(C[CH]C(=O)N1CCC2C1C(=O)CN2S(=O)(=O)c1cccnc1)C(N)=O. The molecule has 2 fully saturated rings. The lowest BCUT2D eigenvalue weighted by Crippen LogP contribution is -2.44. The smallest absolute Gasteiger partial charge is 0.245 e. The van der Waals surface area contributed by atoms with Gasteiger partial charge in [0.1, 0.15) is 10.9 Å². The summed E-state index contributed by atoms with van der Waals surface area (Å²) in [6.45, 7) is 3.26. The van der Waals surface area contributed by atoms with Gasteiger partial charge in [0.05, 0.1) is 19.0 Å². The predicted molar refractivity (Wildman–Crippen MR) is 98.9 cm³/mol. The number of hydrogen-bond acceptors (Lipinski definition) is 6. The second-order valence-corrected chi connectivity index (χ2v) is 9.58. The van der Waals surface area contributed by atoms with E-state index in [1.165, 1.54) is 35.8 Å². The van der Waals surface area contributed by atoms with Crippen molar-refractivity contribution in [3.63, 3.8) is 0 Å². The number of sulfonamides is 1. The van der Waals surface area contributed by atoms with Crippen LogP contribution < -0.4 is 5.73 Å². The van der Waals surface area contributed by atoms with Gasteiger partial charge in [0.2, 0.25) is 21.8 Å². The molecule has 2 saturated heterocycles. The average molecular weight is 407 g/mol. The van der Waals surface area contributed by atoms with E-state index in [1.807, 2.05) is 0 Å². The first-order valence-corrected chi connectivity index (χ1v) is 10.4. The van der Waals surface area contributed by atoms with E-state index in [0.29, 0.717) is 6.42 Å². The molecule has 0 aromatic carbocycles. The van der Waals surface area contributed by atoms with E-state index in [-0.39, 0.29) is 30.2 Å². The van der Waals surface area contributed by atoms with E-state index in [9.17, 15) is 22.8 Å². The van der Waals surface area contributed by atoms with Gasteiger partial charge >= 0.3 is 0 Å². The van der Waals surface area contributed by atoms with Crippen LogP contribution in [0.5, 0.6) is 0 Å². The fraction of sp³-hybridized carbons (Fsp3) is 0.500. The Morgan fingerprint density at radius 3 is 2.71 bits per heavy atom. The summed E-state index contributed by atoms with van der Waals surface area (Å²) in [4.78, 5) is 41.8. The normalized spacial score (nSPS) is 23.1. The Balaban J connectivity index is 1.75. The maximum Gasteiger partial charge on any atom is 0.245 e. The van der Waals surface area contributed by atoms with Gasteiger partial charge in [-0.25, -0.2) is 8.42 Å². The molecule has 2 N–H and O–H groups in total. The first-order valence-electron chi connectivity index (χ1n) is 8.94. The summed E-state index contributed by atoms with van der Waals surface area (Å²) in [5.74, 6) is -1.23. The number of primary amides is 1. The number of fused-ring (bicyclic) bond motifs is 1. The molecule has 2 atom stereocenters. The van der Waals surface area contributed by atoms with Crippen molar-refractivity contribution in [3.8, 4) is 0 Å². The van der Waals surface area contributed by atoms with E-state index >= 15 is 0 Å². The quantitative estimate of drug-likeness (QED) is 0.691. The monoisotopic (exact) mass is 407 g/mol. The molecule has 2 amide bonds. The second-order valence-electron chi connectivity index (χ2n) is 7.69. The van der Waals surface area contributed by atoms with Crippen molar-refractivity contribution in [2.75, 3.05) is 13.1 Å². The minimum Gasteiger partial charge on any atom is -0.369 e. The molecule has 28 heavy (non-hydrogen) atoms. The van der Waals surface area contributed by atoms with Gasteiger partial charge in [-0.15, -0.1) is 0 Å². The maximum atomic E-state index is 12.9. The number of Topliss-reactive ketones (excluding diaryl/α,β-unsaturated/α-hetero) is 1. The first kappa shape index (κ1) is 20.4. The van der Waals surface area contributed by atoms with Crippen LogP contribution in [0.4, 0.5) is 0 Å². The Bertz CT molecular complexity index is 900. The Morgan fingerprint density at radius 2 is 2.11 bits per heavy atom. The Kier molecular flexibility index (Phi) is 5.28. The summed E-state index contributed by atoms with van der Waals surface area (Å²) in [5, 5.41) is 0. The van der Waals surface area contributed by atoms with Gasteiger partial charge in [-0.3, -0.25) is 19.4 Å². The van der Waals surface area contributed by atoms with Crippen LogP contribution in [0, 0.1) is 11.8 Å². The van der Waals surface area contributed by atoms with Crippen LogP contribution in [-0.2, 0) is 24.4 Å². The van der Waals surface area contributed by atoms with Crippen LogP contribution >= 0.6 is 0 Å². The summed E-state index contributed by atoms with van der Waals surface area (Å²) in [6, 6.07) is 1.53. The zero-order valence-corrected chi connectivity index (χ0v) is 16.6. The number of pyridine rings is 1. The summed E-state index contributed by atoms with van der Waals surface area (Å²) in [5.41, 5.74) is 4.44. The summed E-state index contributed by atoms with van der Waals surface area (Å²) in [7, 11) is -3.88. The van der Waals surface area contributed by atoms with E-state index in [1.54, 1.807) is 13.8 Å². The lowest BCUT2D eigenvalue weighted by Gasteiger charge is -2.25. The summed E-state index contributed by atoms with van der Waals surface area (Å²) >= 11 is 0. The second kappa shape index (κ2) is 7.25. The highest BCUT2D eigenvalue weighted by atomic mass is 32.2. The number of hydrogen-bond donors (Lipinski definition) is 1. The van der Waals surface area contributed by atoms with Crippen LogP contribution in [-0.4, -0.2) is 65.4 Å². The number of amides is 2. The average Bonchev–Trinajstić information content (AvgIpc) is 3.22. The highest BCUT2D eigenvalue weighted by Crippen LogP contribution is 2.34. The van der Waals surface area contributed by atoms with Crippen molar-refractivity contribution in [2.45, 2.75) is 43.7 Å². The van der Waals surface area contributed by atoms with Crippen molar-refractivity contribution in [2.24, 2.45) is 11.1 Å². The van der Waals surface area contributed by atoms with Crippen molar-refractivity contribution in [3.05, 3.63) is 30.9 Å². The van der Waals surface area contributed by atoms with Gasteiger partial charge in [0.15, 0.2) is 5.78 Å². The van der Waals surface area contributed by atoms with E-state index in [0.717, 1.165) is 4.31 Å². The number of carbonyl (C=O) groups excluding carboxylic acids is 3. The standard InChI is InChI=1S/C18H23N4O5S/c1-18(2,17(19)25)7-5-15(24)21-9-6-13-16(21)14(23)11-22(13)28(26,27)12-4-3-8-20-10-12/h3-5,8,10,13,16H,6-7,9,11H2,1-2H3,(H2,19,25). The van der Waals surface area contributed by atoms with Crippen molar-refractivity contribution < 1.29 is 22.8 Å². The molecule has 1 radical (unpaired) electrons. The van der Waals surface area contributed by atoms with E-state index in [4.69, 9.17) is 5.73 Å². The molecule has 0 spiro atoms. The fourth-order valence-corrected chi connectivity index (χ4v) is 5.13. The molecular formula is C18H23N4O5S. The lowest BCUT2D eigenvalue weighted by molar-refractivity contribution is -0.134. The number of nitrogens with two attached hydrogens (primary N) is 1. The van der Waals surface area contributed by atoms with Gasteiger partial charge in [-0.2, -0.15) is 4.31 Å². The number of ketones is 1. The number of rotatable bonds is 6. The van der Waals surface area contributed by atoms with Gasteiger partial charge < -0.3 is 10.6 Å². The van der Waals surface area contributed by atoms with Crippen LogP contribution in [0.25, 0.3) is 0 Å². The molecule has 0 aliphatic carbocycles. The highest BCUT2D eigenvalue weighted by molar-refractivity contribution is 7.89. The van der Waals surface area contributed by atoms with Crippen LogP contribution in [0.2, 0.25) is 0 Å². The number of nitrogens with zero attached hydrogens (tertiary/aromatic N) is 3. The number of carbonyl (C=O) groups is 3. The highest BCUT2D eigenvalue weighted by Gasteiger charge is 2.53. The largest absolute Gasteiger partial charge is 0.369 e. The fourth-order valence-electron chi connectivity index (χ4n) is 3.54. The molecule has 0 saturated carbocycles. The van der Waals surface area contributed by atoms with E-state index < -0.39 is 39.3 Å². The molecule has 9 nitrogen and oxygen atoms in total. The molecule has 1 aromatic heterocycles. The minimum atomic E-state index is -3.88. The lowest BCUT2D eigenvalue weighted by atomic mass is 9.87. The number of aromatic nitrogens is 1. The molecule has 2 unspecified atom stereocenters. The van der Waals surface area contributed by atoms with Gasteiger partial charge in [0, 0.05) is 24.4 Å². The van der Waals surface area contributed by atoms with Crippen molar-refractivity contribution in [1.29, 1.82) is 0 Å². The third kappa shape index (κ3) is 3.53. The molecule has 10 heteroatoms. The maximum absolute atomic E-state index is 12.9. The third-order valence-electron chi connectivity index (χ3n) is 5.36. The van der Waals surface area contributed by atoms with Crippen molar-refractivity contribution in [1.82, 2.24) is 14.2 Å². The van der Waals surface area contributed by atoms with E-state index in [2.05, 4.69) is 4.98 Å². The molecule has 1 aromatic rings. The Hall–Kier alpha value is -2.33. The van der Waals surface area contributed by atoms with Gasteiger partial charge in [0.25, 0.3) is 0 Å². The third-order valence-corrected chi connectivity index (χ3v) is 7.21. The molecule has 3 heterocycles. The molecule has 2 aliphatic heterocycles. The van der Waals surface area contributed by atoms with Crippen LogP contribution in [0.1, 0.15) is 26.7 Å².